The van der Waals surface area contributed by atoms with Crippen LogP contribution in [0, 0.1) is 0 Å². The molecule has 222 valence electrons. The molecule has 1 amide bonds. The van der Waals surface area contributed by atoms with Gasteiger partial charge in [-0.05, 0) is 29.9 Å². The predicted octanol–water partition coefficient (Wildman–Crippen LogP) is 4.96. The lowest BCUT2D eigenvalue weighted by Gasteiger charge is -2.27. The molecule has 4 aromatic rings. The van der Waals surface area contributed by atoms with Crippen molar-refractivity contribution in [2.24, 2.45) is 0 Å². The zero-order chi connectivity index (χ0) is 29.8. The second-order valence-corrected chi connectivity index (χ2v) is 9.38. The Morgan fingerprint density at radius 3 is 2.61 bits per heavy atom. The summed E-state index contributed by atoms with van der Waals surface area (Å²) in [5.41, 5.74) is 2.50. The molecule has 0 saturated carbocycles. The Balaban J connectivity index is 0.00000111. The van der Waals surface area contributed by atoms with Gasteiger partial charge in [-0.25, -0.2) is 15.0 Å². The summed E-state index contributed by atoms with van der Waals surface area (Å²) >= 11 is 0. The average Bonchev–Trinajstić information content (AvgIpc) is 3.68. The van der Waals surface area contributed by atoms with Crippen molar-refractivity contribution in [1.29, 1.82) is 0 Å². The molecule has 0 spiro atoms. The van der Waals surface area contributed by atoms with Crippen molar-refractivity contribution < 1.29 is 19.4 Å². The van der Waals surface area contributed by atoms with E-state index in [1.54, 1.807) is 17.6 Å². The molecule has 1 saturated heterocycles. The van der Waals surface area contributed by atoms with Gasteiger partial charge < -0.3 is 29.4 Å². The van der Waals surface area contributed by atoms with Crippen LogP contribution in [-0.2, 0) is 16.1 Å². The van der Waals surface area contributed by atoms with Crippen LogP contribution < -0.4 is 9.64 Å². The van der Waals surface area contributed by atoms with Crippen molar-refractivity contribution in [3.05, 3.63) is 54.6 Å². The Hall–Kier alpha value is -3.76. The van der Waals surface area contributed by atoms with E-state index >= 15 is 0 Å². The summed E-state index contributed by atoms with van der Waals surface area (Å²) in [7, 11) is 1.53. The second-order valence-electron chi connectivity index (χ2n) is 9.38. The van der Waals surface area contributed by atoms with Crippen LogP contribution in [0.5, 0.6) is 5.75 Å². The minimum atomic E-state index is -0.741. The fourth-order valence-electron chi connectivity index (χ4n) is 5.05. The fraction of sp³-hybridized carbons (Fsp3) is 0.484. The normalized spacial score (nSPS) is 15.1. The van der Waals surface area contributed by atoms with Crippen LogP contribution in [0.2, 0.25) is 0 Å². The highest BCUT2D eigenvalue weighted by Crippen LogP contribution is 2.32. The lowest BCUT2D eigenvalue weighted by molar-refractivity contribution is -0.131. The average molecular weight is 565 g/mol. The molecule has 1 aliphatic heterocycles. The number of carbonyl (C=O) groups is 1. The van der Waals surface area contributed by atoms with Crippen molar-refractivity contribution in [3.8, 4) is 5.75 Å². The number of nitrogens with zero attached hydrogens (tertiary/aromatic N) is 5. The highest BCUT2D eigenvalue weighted by Gasteiger charge is 2.28. The summed E-state index contributed by atoms with van der Waals surface area (Å²) in [6, 6.07) is 12.2. The summed E-state index contributed by atoms with van der Waals surface area (Å²) in [5.74, 6) is 1.56. The molecular weight excluding hydrogens is 520 g/mol. The number of imidazole rings is 1. The Labute approximate surface area is 242 Å². The molecule has 0 radical (unpaired) electrons. The van der Waals surface area contributed by atoms with E-state index in [9.17, 15) is 9.90 Å². The van der Waals surface area contributed by atoms with Crippen molar-refractivity contribution in [3.63, 3.8) is 0 Å². The first-order valence-electron chi connectivity index (χ1n) is 14.5. The number of fused-ring (bicyclic) bond motifs is 2. The molecule has 41 heavy (non-hydrogen) atoms. The van der Waals surface area contributed by atoms with Crippen LogP contribution in [0.4, 0.5) is 5.82 Å². The first-order valence-corrected chi connectivity index (χ1v) is 14.5. The van der Waals surface area contributed by atoms with E-state index in [1.807, 2.05) is 64.1 Å². The van der Waals surface area contributed by atoms with Crippen molar-refractivity contribution in [2.75, 3.05) is 38.3 Å². The molecule has 5 rings (SSSR count). The van der Waals surface area contributed by atoms with Gasteiger partial charge in [0.05, 0.1) is 25.1 Å². The number of rotatable bonds is 10. The van der Waals surface area contributed by atoms with Crippen molar-refractivity contribution in [2.45, 2.75) is 66.2 Å². The Kier molecular flexibility index (Phi) is 12.3. The third-order valence-electron chi connectivity index (χ3n) is 6.85. The molecule has 1 aliphatic rings. The van der Waals surface area contributed by atoms with Crippen LogP contribution in [0.15, 0.2) is 49.1 Å². The Morgan fingerprint density at radius 1 is 1.12 bits per heavy atom. The van der Waals surface area contributed by atoms with Gasteiger partial charge in [-0.15, -0.1) is 0 Å². The van der Waals surface area contributed by atoms with E-state index in [-0.39, 0.29) is 25.1 Å². The van der Waals surface area contributed by atoms with Crippen molar-refractivity contribution in [1.82, 2.24) is 24.8 Å². The van der Waals surface area contributed by atoms with Gasteiger partial charge in [-0.2, -0.15) is 0 Å². The summed E-state index contributed by atoms with van der Waals surface area (Å²) < 4.78 is 11.4. The highest BCUT2D eigenvalue weighted by molar-refractivity contribution is 5.91. The molecule has 2 aromatic heterocycles. The van der Waals surface area contributed by atoms with E-state index < -0.39 is 6.10 Å². The summed E-state index contributed by atoms with van der Waals surface area (Å²) in [6.07, 6.45) is 4.52. The number of methoxy groups -OCH3 is 1. The molecule has 10 nitrogen and oxygen atoms in total. The third kappa shape index (κ3) is 7.71. The minimum Gasteiger partial charge on any atom is -0.491 e. The fourth-order valence-corrected chi connectivity index (χ4v) is 5.05. The zero-order valence-corrected chi connectivity index (χ0v) is 25.1. The molecule has 2 atom stereocenters. The Morgan fingerprint density at radius 2 is 1.88 bits per heavy atom. The van der Waals surface area contributed by atoms with E-state index in [0.29, 0.717) is 18.8 Å². The number of hydrogen-bond acceptors (Lipinski definition) is 8. The SMILES string of the molecule is CC.CC.COCC(O)CN(Cc1ccc(OC[C@H]2CCCN2c2ncnc3nc[nH]c23)c2ccccc12)C(C)=O. The molecule has 0 aliphatic carbocycles. The topological polar surface area (TPSA) is 117 Å². The van der Waals surface area contributed by atoms with Gasteiger partial charge in [0.2, 0.25) is 5.91 Å². The quantitative estimate of drug-likeness (QED) is 0.278. The van der Waals surface area contributed by atoms with Crippen LogP contribution in [0.1, 0.15) is 53.0 Å². The summed E-state index contributed by atoms with van der Waals surface area (Å²) in [4.78, 5) is 32.4. The number of benzene rings is 2. The molecular formula is C31H44N6O4. The van der Waals surface area contributed by atoms with Gasteiger partial charge >= 0.3 is 0 Å². The van der Waals surface area contributed by atoms with Gasteiger partial charge in [-0.3, -0.25) is 4.79 Å². The number of aromatic amines is 1. The summed E-state index contributed by atoms with van der Waals surface area (Å²) in [6.45, 7) is 11.7. The van der Waals surface area contributed by atoms with E-state index in [1.165, 1.54) is 14.0 Å². The predicted molar refractivity (Wildman–Crippen MR) is 163 cm³/mol. The number of aromatic nitrogens is 4. The molecule has 10 heteroatoms. The maximum absolute atomic E-state index is 12.3. The van der Waals surface area contributed by atoms with Gasteiger partial charge in [0.15, 0.2) is 11.5 Å². The smallest absolute Gasteiger partial charge is 0.219 e. The number of amides is 1. The maximum atomic E-state index is 12.3. The lowest BCUT2D eigenvalue weighted by Crippen LogP contribution is -2.37. The van der Waals surface area contributed by atoms with Gasteiger partial charge in [0.1, 0.15) is 24.2 Å². The zero-order valence-electron chi connectivity index (χ0n) is 25.1. The van der Waals surface area contributed by atoms with Crippen molar-refractivity contribution >= 4 is 33.7 Å². The maximum Gasteiger partial charge on any atom is 0.219 e. The third-order valence-corrected chi connectivity index (χ3v) is 6.85. The highest BCUT2D eigenvalue weighted by atomic mass is 16.5. The second kappa shape index (κ2) is 15.9. The summed E-state index contributed by atoms with van der Waals surface area (Å²) in [5, 5.41) is 12.2. The molecule has 1 fully saturated rings. The molecule has 3 heterocycles. The van der Waals surface area contributed by atoms with Crippen LogP contribution in [0.25, 0.3) is 21.9 Å². The number of carbonyl (C=O) groups excluding carboxylic acids is 1. The molecule has 1 unspecified atom stereocenters. The first-order chi connectivity index (χ1) is 20.0. The number of hydrogen-bond donors (Lipinski definition) is 2. The van der Waals surface area contributed by atoms with Gasteiger partial charge in [0.25, 0.3) is 0 Å². The number of nitrogens with one attached hydrogen (secondary N) is 1. The number of aliphatic hydroxyl groups is 1. The van der Waals surface area contributed by atoms with Gasteiger partial charge in [0, 0.05) is 39.1 Å². The number of H-pyrrole nitrogens is 1. The van der Waals surface area contributed by atoms with Crippen LogP contribution >= 0.6 is 0 Å². The number of aliphatic hydroxyl groups excluding tert-OH is 1. The molecule has 0 bridgehead atoms. The molecule has 2 N–H and O–H groups in total. The largest absolute Gasteiger partial charge is 0.491 e. The van der Waals surface area contributed by atoms with Crippen LogP contribution in [-0.4, -0.2) is 81.4 Å². The van der Waals surface area contributed by atoms with E-state index in [2.05, 4.69) is 24.8 Å². The Bertz CT molecular complexity index is 1380. The monoisotopic (exact) mass is 564 g/mol. The van der Waals surface area contributed by atoms with E-state index in [4.69, 9.17) is 9.47 Å². The number of anilines is 1. The van der Waals surface area contributed by atoms with Crippen LogP contribution in [0.3, 0.4) is 0 Å². The first kappa shape index (κ1) is 31.8. The lowest BCUT2D eigenvalue weighted by atomic mass is 10.0. The van der Waals surface area contributed by atoms with E-state index in [0.717, 1.165) is 52.8 Å². The number of ether oxygens (including phenoxy) is 2. The van der Waals surface area contributed by atoms with Gasteiger partial charge in [-0.1, -0.05) is 58.0 Å². The molecule has 2 aromatic carbocycles. The minimum absolute atomic E-state index is 0.100. The standard InChI is InChI=1S/C27H32N6O4.2C2H6/c1-18(34)32(13-21(35)15-36-2)12-19-9-10-24(23-8-4-3-7-22(19)23)37-14-20-6-5-11-33(20)27-25-26(29-16-28-25)30-17-31-27;2*1-2/h3-4,7-10,16-17,20-21,35H,5-6,11-15H2,1-2H3,(H,28,29,30,31);2*1-2H3/t20-,21?;;/m1../s1.